The Kier molecular flexibility index (Phi) is 5.41. The maximum Gasteiger partial charge on any atom is 0.295 e. The number of aliphatic hydroxyl groups excluding tert-OH is 1. The van der Waals surface area contributed by atoms with Gasteiger partial charge in [0.1, 0.15) is 10.9 Å². The number of sulfone groups is 1. The molecular formula is C25H23NO4S. The molecule has 1 N–H and O–H groups in total. The molecule has 0 radical (unpaired) electrons. The van der Waals surface area contributed by atoms with Gasteiger partial charge < -0.3 is 5.11 Å². The summed E-state index contributed by atoms with van der Waals surface area (Å²) < 4.78 is 27.0. The molecule has 1 heterocycles. The fourth-order valence-electron chi connectivity index (χ4n) is 3.79. The molecule has 3 aromatic rings. The van der Waals surface area contributed by atoms with Gasteiger partial charge in [0.15, 0.2) is 5.76 Å². The molecule has 1 aliphatic rings. The van der Waals surface area contributed by atoms with E-state index < -0.39 is 27.5 Å². The number of anilines is 1. The Balaban J connectivity index is 1.92. The molecule has 6 heteroatoms. The molecule has 4 rings (SSSR count). The fourth-order valence-corrected chi connectivity index (χ4v) is 5.44. The zero-order valence-electron chi connectivity index (χ0n) is 17.3. The molecule has 0 fully saturated rings. The van der Waals surface area contributed by atoms with E-state index in [1.165, 1.54) is 17.0 Å². The second kappa shape index (κ2) is 8.04. The zero-order chi connectivity index (χ0) is 22.2. The average Bonchev–Trinajstić information content (AvgIpc) is 3.06. The highest BCUT2D eigenvalue weighted by Crippen LogP contribution is 2.44. The van der Waals surface area contributed by atoms with Crippen LogP contribution in [0.4, 0.5) is 5.69 Å². The molecule has 0 aliphatic carbocycles. The minimum atomic E-state index is -4.11. The Morgan fingerprint density at radius 2 is 1.52 bits per heavy atom. The highest BCUT2D eigenvalue weighted by atomic mass is 32.2. The standard InChI is InChI=1S/C25H23NO4S/c1-3-18-11-15-20(16-12-18)26-22(19-13-9-17(2)10-14-19)24(23(27)25(26)28)31(29,30)21-7-5-4-6-8-21/h4-16,22,27H,3H2,1-2H3. The van der Waals surface area contributed by atoms with Crippen molar-refractivity contribution in [1.29, 1.82) is 0 Å². The van der Waals surface area contributed by atoms with Crippen LogP contribution in [0.25, 0.3) is 0 Å². The van der Waals surface area contributed by atoms with Gasteiger partial charge in [-0.15, -0.1) is 0 Å². The molecule has 31 heavy (non-hydrogen) atoms. The predicted octanol–water partition coefficient (Wildman–Crippen LogP) is 4.89. The van der Waals surface area contributed by atoms with Crippen LogP contribution in [-0.4, -0.2) is 19.4 Å². The number of carbonyl (C=O) groups is 1. The molecule has 158 valence electrons. The lowest BCUT2D eigenvalue weighted by Crippen LogP contribution is -2.31. The average molecular weight is 434 g/mol. The second-order valence-corrected chi connectivity index (χ2v) is 9.46. The first-order valence-corrected chi connectivity index (χ1v) is 11.5. The van der Waals surface area contributed by atoms with Gasteiger partial charge in [0.25, 0.3) is 5.91 Å². The molecule has 0 saturated carbocycles. The summed E-state index contributed by atoms with van der Waals surface area (Å²) in [5, 5.41) is 10.8. The van der Waals surface area contributed by atoms with Crippen molar-refractivity contribution >= 4 is 21.4 Å². The maximum atomic E-state index is 13.5. The summed E-state index contributed by atoms with van der Waals surface area (Å²) in [4.78, 5) is 14.2. The summed E-state index contributed by atoms with van der Waals surface area (Å²) in [6.45, 7) is 3.96. The summed E-state index contributed by atoms with van der Waals surface area (Å²) in [5.74, 6) is -1.47. The van der Waals surface area contributed by atoms with E-state index in [-0.39, 0.29) is 9.80 Å². The second-order valence-electron chi connectivity index (χ2n) is 7.54. The lowest BCUT2D eigenvalue weighted by molar-refractivity contribution is -0.117. The molecule has 0 spiro atoms. The highest BCUT2D eigenvalue weighted by molar-refractivity contribution is 7.95. The van der Waals surface area contributed by atoms with Crippen LogP contribution in [0.1, 0.15) is 29.7 Å². The Morgan fingerprint density at radius 1 is 0.903 bits per heavy atom. The largest absolute Gasteiger partial charge is 0.502 e. The van der Waals surface area contributed by atoms with Gasteiger partial charge >= 0.3 is 0 Å². The van der Waals surface area contributed by atoms with Gasteiger partial charge in [-0.3, -0.25) is 9.69 Å². The number of aliphatic hydroxyl groups is 1. The van der Waals surface area contributed by atoms with Crippen molar-refractivity contribution in [3.05, 3.63) is 106 Å². The van der Waals surface area contributed by atoms with Gasteiger partial charge in [-0.2, -0.15) is 0 Å². The van der Waals surface area contributed by atoms with Gasteiger partial charge in [-0.1, -0.05) is 67.1 Å². The van der Waals surface area contributed by atoms with E-state index in [2.05, 4.69) is 0 Å². The van der Waals surface area contributed by atoms with Crippen molar-refractivity contribution < 1.29 is 18.3 Å². The van der Waals surface area contributed by atoms with Crippen molar-refractivity contribution in [2.24, 2.45) is 0 Å². The van der Waals surface area contributed by atoms with Crippen LogP contribution in [-0.2, 0) is 21.1 Å². The van der Waals surface area contributed by atoms with E-state index >= 15 is 0 Å². The first kappa shape index (κ1) is 20.9. The summed E-state index contributed by atoms with van der Waals surface area (Å²) in [7, 11) is -4.11. The number of amides is 1. The quantitative estimate of drug-likeness (QED) is 0.622. The monoisotopic (exact) mass is 433 g/mol. The van der Waals surface area contributed by atoms with Crippen molar-refractivity contribution in [2.75, 3.05) is 4.90 Å². The third kappa shape index (κ3) is 3.64. The molecular weight excluding hydrogens is 410 g/mol. The van der Waals surface area contributed by atoms with E-state index in [0.29, 0.717) is 11.3 Å². The van der Waals surface area contributed by atoms with E-state index in [1.807, 2.05) is 38.1 Å². The lowest BCUT2D eigenvalue weighted by atomic mass is 10.0. The van der Waals surface area contributed by atoms with Gasteiger partial charge in [0.2, 0.25) is 9.84 Å². The first-order chi connectivity index (χ1) is 14.8. The number of carbonyl (C=O) groups excluding carboxylic acids is 1. The SMILES string of the molecule is CCc1ccc(N2C(=O)C(O)=C(S(=O)(=O)c3ccccc3)C2c2ccc(C)cc2)cc1. The van der Waals surface area contributed by atoms with Crippen molar-refractivity contribution in [3.63, 3.8) is 0 Å². The third-order valence-corrected chi connectivity index (χ3v) is 7.41. The van der Waals surface area contributed by atoms with Crippen LogP contribution in [0.15, 0.2) is 94.4 Å². The Labute approximate surface area is 182 Å². The van der Waals surface area contributed by atoms with E-state index in [1.54, 1.807) is 42.5 Å². The number of hydrogen-bond donors (Lipinski definition) is 1. The third-order valence-electron chi connectivity index (χ3n) is 5.52. The van der Waals surface area contributed by atoms with Crippen LogP contribution in [0, 0.1) is 6.92 Å². The molecule has 1 amide bonds. The zero-order valence-corrected chi connectivity index (χ0v) is 18.1. The van der Waals surface area contributed by atoms with E-state index in [0.717, 1.165) is 17.5 Å². The van der Waals surface area contributed by atoms with Gasteiger partial charge in [0, 0.05) is 5.69 Å². The van der Waals surface area contributed by atoms with E-state index in [9.17, 15) is 18.3 Å². The molecule has 0 aromatic heterocycles. The Bertz CT molecular complexity index is 1250. The molecule has 3 aromatic carbocycles. The Morgan fingerprint density at radius 3 is 2.10 bits per heavy atom. The van der Waals surface area contributed by atoms with Crippen LogP contribution >= 0.6 is 0 Å². The summed E-state index contributed by atoms with van der Waals surface area (Å²) in [6.07, 6.45) is 0.840. The lowest BCUT2D eigenvalue weighted by Gasteiger charge is -2.27. The number of benzene rings is 3. The summed E-state index contributed by atoms with van der Waals surface area (Å²) in [6, 6.07) is 21.6. The number of aryl methyl sites for hydroxylation is 2. The first-order valence-electron chi connectivity index (χ1n) is 10.1. The highest BCUT2D eigenvalue weighted by Gasteiger charge is 2.47. The van der Waals surface area contributed by atoms with Crippen molar-refractivity contribution in [3.8, 4) is 0 Å². The van der Waals surface area contributed by atoms with Gasteiger partial charge in [0.05, 0.1) is 4.90 Å². The van der Waals surface area contributed by atoms with Crippen molar-refractivity contribution in [2.45, 2.75) is 31.2 Å². The topological polar surface area (TPSA) is 74.7 Å². The van der Waals surface area contributed by atoms with Crippen LogP contribution in [0.5, 0.6) is 0 Å². The van der Waals surface area contributed by atoms with Gasteiger partial charge in [-0.25, -0.2) is 8.42 Å². The fraction of sp³-hybridized carbons (Fsp3) is 0.160. The van der Waals surface area contributed by atoms with Crippen LogP contribution in [0.2, 0.25) is 0 Å². The molecule has 1 unspecified atom stereocenters. The number of nitrogens with zero attached hydrogens (tertiary/aromatic N) is 1. The van der Waals surface area contributed by atoms with Crippen LogP contribution < -0.4 is 4.90 Å². The number of rotatable bonds is 5. The summed E-state index contributed by atoms with van der Waals surface area (Å²) >= 11 is 0. The maximum absolute atomic E-state index is 13.5. The Hall–Kier alpha value is -3.38. The molecule has 1 atom stereocenters. The molecule has 1 aliphatic heterocycles. The van der Waals surface area contributed by atoms with Crippen LogP contribution in [0.3, 0.4) is 0 Å². The summed E-state index contributed by atoms with van der Waals surface area (Å²) in [5.41, 5.74) is 3.24. The normalized spacial score (nSPS) is 16.8. The van der Waals surface area contributed by atoms with Crippen molar-refractivity contribution in [1.82, 2.24) is 0 Å². The minimum absolute atomic E-state index is 0.0321. The number of hydrogen-bond acceptors (Lipinski definition) is 4. The predicted molar refractivity (Wildman–Crippen MR) is 121 cm³/mol. The minimum Gasteiger partial charge on any atom is -0.502 e. The molecule has 0 bridgehead atoms. The van der Waals surface area contributed by atoms with E-state index in [4.69, 9.17) is 0 Å². The molecule has 0 saturated heterocycles. The smallest absolute Gasteiger partial charge is 0.295 e. The van der Waals surface area contributed by atoms with Gasteiger partial charge in [-0.05, 0) is 48.7 Å². The molecule has 5 nitrogen and oxygen atoms in total.